The van der Waals surface area contributed by atoms with Gasteiger partial charge in [0.15, 0.2) is 0 Å². The number of hydrogen-bond donors (Lipinski definition) is 1. The summed E-state index contributed by atoms with van der Waals surface area (Å²) >= 11 is 0. The van der Waals surface area contributed by atoms with Crippen LogP contribution in [0.1, 0.15) is 12.8 Å². The lowest BCUT2D eigenvalue weighted by Crippen LogP contribution is -2.26. The average Bonchev–Trinajstić information content (AvgIpc) is 2.50. The fraction of sp³-hybridized carbons (Fsp3) is 0.556. The Balaban J connectivity index is 2.40. The number of amides is 1. The molecule has 0 bridgehead atoms. The van der Waals surface area contributed by atoms with E-state index in [-0.39, 0.29) is 18.2 Å². The molecule has 1 fully saturated rings. The van der Waals surface area contributed by atoms with Crippen molar-refractivity contribution in [3.63, 3.8) is 0 Å². The number of carboxylic acids is 1. The van der Waals surface area contributed by atoms with E-state index in [1.165, 1.54) is 6.08 Å². The Morgan fingerprint density at radius 2 is 2.31 bits per heavy atom. The smallest absolute Gasteiger partial charge is 0.303 e. The van der Waals surface area contributed by atoms with Crippen molar-refractivity contribution in [2.45, 2.75) is 12.8 Å². The van der Waals surface area contributed by atoms with E-state index >= 15 is 0 Å². The van der Waals surface area contributed by atoms with Crippen LogP contribution < -0.4 is 0 Å². The van der Waals surface area contributed by atoms with Crippen LogP contribution in [-0.4, -0.2) is 35.0 Å². The molecular formula is C9H13NO3. The van der Waals surface area contributed by atoms with Gasteiger partial charge in [-0.05, 0) is 18.4 Å². The number of aliphatic carboxylic acids is 1. The molecule has 0 saturated carbocycles. The molecular weight excluding hydrogens is 170 g/mol. The van der Waals surface area contributed by atoms with E-state index in [0.717, 1.165) is 6.42 Å². The Labute approximate surface area is 76.8 Å². The first kappa shape index (κ1) is 9.77. The van der Waals surface area contributed by atoms with E-state index in [9.17, 15) is 9.59 Å². The minimum Gasteiger partial charge on any atom is -0.481 e. The van der Waals surface area contributed by atoms with Gasteiger partial charge in [0.1, 0.15) is 0 Å². The Kier molecular flexibility index (Phi) is 3.06. The summed E-state index contributed by atoms with van der Waals surface area (Å²) < 4.78 is 0. The molecule has 1 rings (SSSR count). The van der Waals surface area contributed by atoms with Crippen LogP contribution in [0.15, 0.2) is 12.7 Å². The third-order valence-corrected chi connectivity index (χ3v) is 2.24. The van der Waals surface area contributed by atoms with Crippen LogP contribution >= 0.6 is 0 Å². The first-order valence-corrected chi connectivity index (χ1v) is 4.26. The lowest BCUT2D eigenvalue weighted by Gasteiger charge is -2.12. The molecule has 0 unspecified atom stereocenters. The molecule has 0 radical (unpaired) electrons. The van der Waals surface area contributed by atoms with Gasteiger partial charge in [-0.3, -0.25) is 9.59 Å². The van der Waals surface area contributed by atoms with Crippen molar-refractivity contribution >= 4 is 11.9 Å². The van der Waals surface area contributed by atoms with Crippen LogP contribution in [0.4, 0.5) is 0 Å². The third-order valence-electron chi connectivity index (χ3n) is 2.24. The Morgan fingerprint density at radius 1 is 1.62 bits per heavy atom. The maximum absolute atomic E-state index is 11.1. The number of nitrogens with zero attached hydrogens (tertiary/aromatic N) is 1. The standard InChI is InChI=1S/C9H13NO3/c1-2-8(11)10-4-3-7(6-10)5-9(12)13/h2,7H,1,3-6H2,(H,12,13)/t7-/m1/s1. The van der Waals surface area contributed by atoms with Crippen LogP contribution in [0.3, 0.4) is 0 Å². The molecule has 72 valence electrons. The van der Waals surface area contributed by atoms with Crippen molar-refractivity contribution in [1.29, 1.82) is 0 Å². The quantitative estimate of drug-likeness (QED) is 0.648. The second-order valence-corrected chi connectivity index (χ2v) is 3.24. The molecule has 1 heterocycles. The molecule has 1 aliphatic heterocycles. The largest absolute Gasteiger partial charge is 0.481 e. The van der Waals surface area contributed by atoms with Crippen molar-refractivity contribution < 1.29 is 14.7 Å². The highest BCUT2D eigenvalue weighted by Gasteiger charge is 2.26. The van der Waals surface area contributed by atoms with Crippen LogP contribution in [-0.2, 0) is 9.59 Å². The van der Waals surface area contributed by atoms with Gasteiger partial charge in [0.2, 0.25) is 5.91 Å². The maximum atomic E-state index is 11.1. The number of hydrogen-bond acceptors (Lipinski definition) is 2. The van der Waals surface area contributed by atoms with E-state index in [1.807, 2.05) is 0 Å². The summed E-state index contributed by atoms with van der Waals surface area (Å²) in [5.74, 6) is -0.785. The van der Waals surface area contributed by atoms with E-state index in [4.69, 9.17) is 5.11 Å². The molecule has 0 aromatic rings. The fourth-order valence-corrected chi connectivity index (χ4v) is 1.58. The normalized spacial score (nSPS) is 21.5. The highest BCUT2D eigenvalue weighted by molar-refractivity contribution is 5.87. The first-order chi connectivity index (χ1) is 6.13. The number of carbonyl (C=O) groups is 2. The Morgan fingerprint density at radius 3 is 2.85 bits per heavy atom. The molecule has 0 aromatic heterocycles. The van der Waals surface area contributed by atoms with Crippen molar-refractivity contribution in [3.8, 4) is 0 Å². The Bertz CT molecular complexity index is 237. The van der Waals surface area contributed by atoms with E-state index in [2.05, 4.69) is 6.58 Å². The molecule has 1 saturated heterocycles. The number of rotatable bonds is 3. The van der Waals surface area contributed by atoms with Gasteiger partial charge in [0.25, 0.3) is 0 Å². The first-order valence-electron chi connectivity index (χ1n) is 4.26. The third kappa shape index (κ3) is 2.57. The van der Waals surface area contributed by atoms with Crippen molar-refractivity contribution in [2.24, 2.45) is 5.92 Å². The van der Waals surface area contributed by atoms with Gasteiger partial charge in [-0.25, -0.2) is 0 Å². The summed E-state index contributed by atoms with van der Waals surface area (Å²) in [6, 6.07) is 0. The predicted molar refractivity (Wildman–Crippen MR) is 47.1 cm³/mol. The Hall–Kier alpha value is -1.32. The van der Waals surface area contributed by atoms with Gasteiger partial charge in [0, 0.05) is 19.5 Å². The average molecular weight is 183 g/mol. The molecule has 4 nitrogen and oxygen atoms in total. The summed E-state index contributed by atoms with van der Waals surface area (Å²) in [6.07, 6.45) is 2.20. The lowest BCUT2D eigenvalue weighted by atomic mass is 10.1. The van der Waals surface area contributed by atoms with Gasteiger partial charge in [-0.15, -0.1) is 0 Å². The molecule has 1 aliphatic rings. The second kappa shape index (κ2) is 4.07. The van der Waals surface area contributed by atoms with Crippen LogP contribution in [0.2, 0.25) is 0 Å². The van der Waals surface area contributed by atoms with E-state index in [1.54, 1.807) is 4.90 Å². The molecule has 4 heteroatoms. The zero-order valence-electron chi connectivity index (χ0n) is 7.40. The summed E-state index contributed by atoms with van der Waals surface area (Å²) in [6.45, 7) is 4.59. The fourth-order valence-electron chi connectivity index (χ4n) is 1.58. The minimum atomic E-state index is -0.794. The molecule has 1 amide bonds. The molecule has 0 aliphatic carbocycles. The molecule has 1 N–H and O–H groups in total. The van der Waals surface area contributed by atoms with Gasteiger partial charge >= 0.3 is 5.97 Å². The van der Waals surface area contributed by atoms with Gasteiger partial charge in [-0.1, -0.05) is 6.58 Å². The van der Waals surface area contributed by atoms with Crippen molar-refractivity contribution in [2.75, 3.05) is 13.1 Å². The molecule has 0 spiro atoms. The van der Waals surface area contributed by atoms with E-state index < -0.39 is 5.97 Å². The summed E-state index contributed by atoms with van der Waals surface area (Å²) in [4.78, 5) is 23.1. The lowest BCUT2D eigenvalue weighted by molar-refractivity contribution is -0.138. The van der Waals surface area contributed by atoms with Gasteiger partial charge in [-0.2, -0.15) is 0 Å². The summed E-state index contributed by atoms with van der Waals surface area (Å²) in [5.41, 5.74) is 0. The zero-order valence-corrected chi connectivity index (χ0v) is 7.40. The van der Waals surface area contributed by atoms with Gasteiger partial charge < -0.3 is 10.0 Å². The topological polar surface area (TPSA) is 57.6 Å². The minimum absolute atomic E-state index is 0.104. The molecule has 0 aromatic carbocycles. The highest BCUT2D eigenvalue weighted by Crippen LogP contribution is 2.19. The summed E-state index contributed by atoms with van der Waals surface area (Å²) in [7, 11) is 0. The highest BCUT2D eigenvalue weighted by atomic mass is 16.4. The molecule has 13 heavy (non-hydrogen) atoms. The second-order valence-electron chi connectivity index (χ2n) is 3.24. The van der Waals surface area contributed by atoms with Gasteiger partial charge in [0.05, 0.1) is 0 Å². The summed E-state index contributed by atoms with van der Waals surface area (Å²) in [5, 5.41) is 8.53. The van der Waals surface area contributed by atoms with Crippen LogP contribution in [0.25, 0.3) is 0 Å². The zero-order chi connectivity index (χ0) is 9.84. The number of carbonyl (C=O) groups excluding carboxylic acids is 1. The monoisotopic (exact) mass is 183 g/mol. The van der Waals surface area contributed by atoms with Crippen molar-refractivity contribution in [1.82, 2.24) is 4.90 Å². The number of likely N-dealkylation sites (tertiary alicyclic amines) is 1. The van der Waals surface area contributed by atoms with Crippen LogP contribution in [0, 0.1) is 5.92 Å². The van der Waals surface area contributed by atoms with Crippen molar-refractivity contribution in [3.05, 3.63) is 12.7 Å². The maximum Gasteiger partial charge on any atom is 0.303 e. The van der Waals surface area contributed by atoms with E-state index in [0.29, 0.717) is 13.1 Å². The SMILES string of the molecule is C=CC(=O)N1CC[C@H](CC(=O)O)C1. The predicted octanol–water partition coefficient (Wildman–Crippen LogP) is 0.496. The van der Waals surface area contributed by atoms with Crippen LogP contribution in [0.5, 0.6) is 0 Å². The number of carboxylic acid groups (broad SMARTS) is 1. The molecule has 1 atom stereocenters.